The van der Waals surface area contributed by atoms with Crippen LogP contribution in [0.2, 0.25) is 0 Å². The summed E-state index contributed by atoms with van der Waals surface area (Å²) in [6.07, 6.45) is 8.76. The Morgan fingerprint density at radius 3 is 2.60 bits per heavy atom. The van der Waals surface area contributed by atoms with Crippen LogP contribution in [0.25, 0.3) is 0 Å². The van der Waals surface area contributed by atoms with E-state index in [4.69, 9.17) is 23.2 Å². The minimum atomic E-state index is -0.586. The molecule has 0 spiro atoms. The maximum atomic E-state index is 6.56. The van der Waals surface area contributed by atoms with Gasteiger partial charge in [0, 0.05) is 26.2 Å². The fourth-order valence-electron chi connectivity index (χ4n) is 1.94. The van der Waals surface area contributed by atoms with Crippen molar-refractivity contribution < 1.29 is 0 Å². The van der Waals surface area contributed by atoms with Gasteiger partial charge in [0.15, 0.2) is 0 Å². The first kappa shape index (κ1) is 11.5. The second-order valence-corrected chi connectivity index (χ2v) is 5.11. The third-order valence-corrected chi connectivity index (χ3v) is 4.17. The summed E-state index contributed by atoms with van der Waals surface area (Å²) < 4.78 is 0. The highest BCUT2D eigenvalue weighted by Gasteiger charge is 2.40. The van der Waals surface area contributed by atoms with Crippen LogP contribution in [0.4, 0.5) is 0 Å². The highest BCUT2D eigenvalue weighted by Crippen LogP contribution is 2.34. The van der Waals surface area contributed by atoms with E-state index >= 15 is 0 Å². The molecule has 0 saturated carbocycles. The SMILES string of the molecule is CN1CCN(C2(Cl)C=CC=[C]C2Cl)CC1. The molecule has 2 rings (SSSR count). The van der Waals surface area contributed by atoms with E-state index < -0.39 is 5.00 Å². The van der Waals surface area contributed by atoms with Crippen LogP contribution in [-0.2, 0) is 0 Å². The smallest absolute Gasteiger partial charge is 0.136 e. The Balaban J connectivity index is 2.09. The summed E-state index contributed by atoms with van der Waals surface area (Å²) in [5.41, 5.74) is 0. The fraction of sp³-hybridized carbons (Fsp3) is 0.636. The quantitative estimate of drug-likeness (QED) is 0.513. The van der Waals surface area contributed by atoms with Gasteiger partial charge in [0.2, 0.25) is 0 Å². The highest BCUT2D eigenvalue weighted by atomic mass is 35.5. The number of hydrogen-bond donors (Lipinski definition) is 0. The number of alkyl halides is 2. The Labute approximate surface area is 101 Å². The lowest BCUT2D eigenvalue weighted by Gasteiger charge is -2.44. The summed E-state index contributed by atoms with van der Waals surface area (Å²) in [6.45, 7) is 3.98. The number of hydrogen-bond acceptors (Lipinski definition) is 2. The Kier molecular flexibility index (Phi) is 3.41. The van der Waals surface area contributed by atoms with E-state index in [1.54, 1.807) is 0 Å². The van der Waals surface area contributed by atoms with E-state index in [9.17, 15) is 0 Å². The number of nitrogens with zero attached hydrogens (tertiary/aromatic N) is 2. The van der Waals surface area contributed by atoms with E-state index in [1.165, 1.54) is 0 Å². The topological polar surface area (TPSA) is 6.48 Å². The lowest BCUT2D eigenvalue weighted by Crippen LogP contribution is -2.56. The largest absolute Gasteiger partial charge is 0.304 e. The molecule has 1 heterocycles. The molecule has 0 aromatic rings. The van der Waals surface area contributed by atoms with Crippen LogP contribution in [0.1, 0.15) is 0 Å². The van der Waals surface area contributed by atoms with Crippen molar-refractivity contribution in [2.24, 2.45) is 0 Å². The van der Waals surface area contributed by atoms with Crippen molar-refractivity contribution in [2.45, 2.75) is 10.4 Å². The van der Waals surface area contributed by atoms with Gasteiger partial charge < -0.3 is 4.90 Å². The number of allylic oxidation sites excluding steroid dienone is 2. The monoisotopic (exact) mass is 245 g/mol. The van der Waals surface area contributed by atoms with E-state index in [-0.39, 0.29) is 5.38 Å². The summed E-state index contributed by atoms with van der Waals surface area (Å²) in [4.78, 5) is 3.94. The molecule has 0 bridgehead atoms. The lowest BCUT2D eigenvalue weighted by molar-refractivity contribution is 0.113. The van der Waals surface area contributed by atoms with Gasteiger partial charge in [0.25, 0.3) is 0 Å². The van der Waals surface area contributed by atoms with Gasteiger partial charge in [-0.1, -0.05) is 23.8 Å². The molecule has 83 valence electrons. The molecule has 0 aromatic carbocycles. The summed E-state index contributed by atoms with van der Waals surface area (Å²) in [7, 11) is 2.12. The maximum absolute atomic E-state index is 6.56. The second-order valence-electron chi connectivity index (χ2n) is 4.07. The molecule has 0 amide bonds. The van der Waals surface area contributed by atoms with Crippen LogP contribution in [0, 0.1) is 6.08 Å². The summed E-state index contributed by atoms with van der Waals surface area (Å²) >= 11 is 12.8. The molecule has 2 unspecified atom stereocenters. The van der Waals surface area contributed by atoms with Gasteiger partial charge in [-0.25, -0.2) is 0 Å². The molecule has 2 nitrogen and oxygen atoms in total. The standard InChI is InChI=1S/C11H15Cl2N2/c1-14-6-8-15(9-7-14)11(13)5-3-2-4-10(11)12/h2-3,5,10H,6-9H2,1H3. The second kappa shape index (κ2) is 4.46. The summed E-state index contributed by atoms with van der Waals surface area (Å²) in [6, 6.07) is 0. The lowest BCUT2D eigenvalue weighted by atomic mass is 10.0. The van der Waals surface area contributed by atoms with Crippen molar-refractivity contribution in [1.29, 1.82) is 0 Å². The molecule has 1 fully saturated rings. The average Bonchev–Trinajstić information content (AvgIpc) is 2.23. The van der Waals surface area contributed by atoms with Crippen LogP contribution in [0.5, 0.6) is 0 Å². The van der Waals surface area contributed by atoms with Crippen LogP contribution in [0.3, 0.4) is 0 Å². The molecule has 4 heteroatoms. The minimum absolute atomic E-state index is 0.271. The zero-order valence-corrected chi connectivity index (χ0v) is 10.3. The molecular weight excluding hydrogens is 231 g/mol. The van der Waals surface area contributed by atoms with Crippen molar-refractivity contribution in [3.05, 3.63) is 24.3 Å². The van der Waals surface area contributed by atoms with Crippen LogP contribution in [-0.4, -0.2) is 53.4 Å². The first-order valence-electron chi connectivity index (χ1n) is 5.16. The van der Waals surface area contributed by atoms with Crippen LogP contribution in [0.15, 0.2) is 18.2 Å². The zero-order valence-electron chi connectivity index (χ0n) is 8.79. The molecular formula is C11H15Cl2N2. The summed E-state index contributed by atoms with van der Waals surface area (Å²) in [5.74, 6) is 0. The average molecular weight is 246 g/mol. The predicted molar refractivity (Wildman–Crippen MR) is 64.2 cm³/mol. The van der Waals surface area contributed by atoms with Gasteiger partial charge in [-0.05, 0) is 19.2 Å². The normalized spacial score (nSPS) is 38.5. The fourth-order valence-corrected chi connectivity index (χ4v) is 2.53. The van der Waals surface area contributed by atoms with Crippen molar-refractivity contribution >= 4 is 23.2 Å². The van der Waals surface area contributed by atoms with Gasteiger partial charge in [-0.15, -0.1) is 11.6 Å². The Hall–Kier alpha value is -0.0200. The molecule has 0 aromatic heterocycles. The number of piperazine rings is 1. The highest BCUT2D eigenvalue weighted by molar-refractivity contribution is 6.34. The predicted octanol–water partition coefficient (Wildman–Crippen LogP) is 1.71. The van der Waals surface area contributed by atoms with E-state index in [0.717, 1.165) is 26.2 Å². The Morgan fingerprint density at radius 1 is 1.33 bits per heavy atom. The molecule has 2 atom stereocenters. The molecule has 1 aliphatic heterocycles. The van der Waals surface area contributed by atoms with E-state index in [1.807, 2.05) is 18.2 Å². The number of halogens is 2. The molecule has 1 saturated heterocycles. The first-order valence-corrected chi connectivity index (χ1v) is 5.98. The number of likely N-dealkylation sites (N-methyl/N-ethyl adjacent to an activating group) is 1. The third kappa shape index (κ3) is 2.23. The van der Waals surface area contributed by atoms with Crippen molar-refractivity contribution in [1.82, 2.24) is 9.80 Å². The molecule has 15 heavy (non-hydrogen) atoms. The molecule has 1 aliphatic carbocycles. The zero-order chi connectivity index (χ0) is 10.9. The first-order chi connectivity index (χ1) is 7.13. The van der Waals surface area contributed by atoms with Crippen LogP contribution >= 0.6 is 23.2 Å². The van der Waals surface area contributed by atoms with E-state index in [2.05, 4.69) is 22.9 Å². The van der Waals surface area contributed by atoms with Crippen molar-refractivity contribution in [3.8, 4) is 0 Å². The van der Waals surface area contributed by atoms with Gasteiger partial charge >= 0.3 is 0 Å². The minimum Gasteiger partial charge on any atom is -0.304 e. The third-order valence-electron chi connectivity index (χ3n) is 3.01. The Morgan fingerprint density at radius 2 is 2.00 bits per heavy atom. The van der Waals surface area contributed by atoms with Gasteiger partial charge in [0.1, 0.15) is 5.00 Å². The van der Waals surface area contributed by atoms with Gasteiger partial charge in [0.05, 0.1) is 5.38 Å². The molecule has 0 N–H and O–H groups in total. The van der Waals surface area contributed by atoms with Crippen molar-refractivity contribution in [3.63, 3.8) is 0 Å². The molecule has 1 radical (unpaired) electrons. The summed E-state index contributed by atoms with van der Waals surface area (Å²) in [5, 5.41) is -0.271. The Bertz CT molecular complexity index is 282. The van der Waals surface area contributed by atoms with Gasteiger partial charge in [-0.3, -0.25) is 4.90 Å². The number of rotatable bonds is 1. The maximum Gasteiger partial charge on any atom is 0.136 e. The van der Waals surface area contributed by atoms with Gasteiger partial charge in [-0.2, -0.15) is 0 Å². The van der Waals surface area contributed by atoms with Crippen LogP contribution < -0.4 is 0 Å². The van der Waals surface area contributed by atoms with E-state index in [0.29, 0.717) is 0 Å². The molecule has 2 aliphatic rings. The van der Waals surface area contributed by atoms with Crippen molar-refractivity contribution in [2.75, 3.05) is 33.2 Å².